The SMILES string of the molecule is CCC(Oc1ccc(C(C)(C)CC)cc1C(C)(C)CC)C(=O)Nc1cccc(C(=O)Nc2cc(OS(=O)(=O)c3ccc(C)c([N+](=O)[O-])c3)n(-c3ccccc3)n2)c1. The van der Waals surface area contributed by atoms with Crippen molar-refractivity contribution in [2.75, 3.05) is 10.6 Å². The van der Waals surface area contributed by atoms with Gasteiger partial charge in [-0.2, -0.15) is 13.1 Å². The molecule has 1 heterocycles. The molecular weight excluding hydrogens is 747 g/mol. The summed E-state index contributed by atoms with van der Waals surface area (Å²) in [6.07, 6.45) is 1.42. The lowest BCUT2D eigenvalue weighted by Crippen LogP contribution is -2.33. The van der Waals surface area contributed by atoms with Crippen LogP contribution < -0.4 is 19.6 Å². The minimum absolute atomic E-state index is 0.0244. The van der Waals surface area contributed by atoms with Gasteiger partial charge >= 0.3 is 10.1 Å². The van der Waals surface area contributed by atoms with Crippen molar-refractivity contribution in [2.45, 2.75) is 96.5 Å². The van der Waals surface area contributed by atoms with Crippen LogP contribution in [0.1, 0.15) is 94.8 Å². The van der Waals surface area contributed by atoms with Crippen molar-refractivity contribution in [3.8, 4) is 17.3 Å². The maximum Gasteiger partial charge on any atom is 0.340 e. The quantitative estimate of drug-likeness (QED) is 0.0561. The standard InChI is InChI=1S/C43H49N5O8S/c1-9-36(55-37-23-21-30(42(5,6)10-2)25-34(37)43(7,8)11-3)41(50)44-31-17-15-16-29(24-31)40(49)45-38-27-39(47(46-38)32-18-13-12-14-19-32)56-57(53,54)33-22-20-28(4)35(26-33)48(51)52/h12-27,36H,9-11H2,1-8H3,(H,44,50)(H,45,46,49). The van der Waals surface area contributed by atoms with E-state index in [1.54, 1.807) is 48.5 Å². The first kappa shape index (κ1) is 42.1. The number of nitro benzene ring substituents is 1. The van der Waals surface area contributed by atoms with Gasteiger partial charge < -0.3 is 19.6 Å². The number of ether oxygens (including phenoxy) is 1. The molecule has 1 atom stereocenters. The second kappa shape index (κ2) is 17.0. The smallest absolute Gasteiger partial charge is 0.340 e. The van der Waals surface area contributed by atoms with Gasteiger partial charge in [-0.05, 0) is 85.0 Å². The van der Waals surface area contributed by atoms with Crippen LogP contribution >= 0.6 is 0 Å². The van der Waals surface area contributed by atoms with Crippen molar-refractivity contribution < 1.29 is 31.9 Å². The number of nitrogens with one attached hydrogen (secondary N) is 2. The Bertz CT molecular complexity index is 2390. The van der Waals surface area contributed by atoms with E-state index in [4.69, 9.17) is 8.92 Å². The molecule has 0 fully saturated rings. The lowest BCUT2D eigenvalue weighted by molar-refractivity contribution is -0.385. The maximum atomic E-state index is 13.6. The predicted octanol–water partition coefficient (Wildman–Crippen LogP) is 9.28. The Kier molecular flexibility index (Phi) is 12.6. The van der Waals surface area contributed by atoms with E-state index in [9.17, 15) is 28.1 Å². The third kappa shape index (κ3) is 9.69. The van der Waals surface area contributed by atoms with Crippen LogP contribution in [0.5, 0.6) is 11.6 Å². The third-order valence-electron chi connectivity index (χ3n) is 10.4. The molecule has 0 saturated heterocycles. The van der Waals surface area contributed by atoms with Gasteiger partial charge in [-0.1, -0.05) is 90.9 Å². The fraction of sp³-hybridized carbons (Fsp3) is 0.326. The van der Waals surface area contributed by atoms with E-state index >= 15 is 0 Å². The first-order valence-electron chi connectivity index (χ1n) is 18.8. The molecule has 57 heavy (non-hydrogen) atoms. The van der Waals surface area contributed by atoms with Crippen molar-refractivity contribution in [1.29, 1.82) is 0 Å². The van der Waals surface area contributed by atoms with E-state index < -0.39 is 31.9 Å². The number of carbonyl (C=O) groups excluding carboxylic acids is 2. The Morgan fingerprint density at radius 2 is 1.56 bits per heavy atom. The van der Waals surface area contributed by atoms with Gasteiger partial charge in [0.05, 0.1) is 10.6 Å². The zero-order valence-electron chi connectivity index (χ0n) is 33.5. The minimum atomic E-state index is -4.58. The molecule has 5 aromatic rings. The van der Waals surface area contributed by atoms with Gasteiger partial charge in [-0.25, -0.2) is 0 Å². The van der Waals surface area contributed by atoms with E-state index in [0.29, 0.717) is 23.5 Å². The highest BCUT2D eigenvalue weighted by Crippen LogP contribution is 2.39. The lowest BCUT2D eigenvalue weighted by Gasteiger charge is -2.31. The summed E-state index contributed by atoms with van der Waals surface area (Å²) in [7, 11) is -4.58. The number of para-hydroxylation sites is 1. The van der Waals surface area contributed by atoms with Crippen LogP contribution in [0.2, 0.25) is 0 Å². The average molecular weight is 796 g/mol. The van der Waals surface area contributed by atoms with Crippen LogP contribution in [0.15, 0.2) is 102 Å². The van der Waals surface area contributed by atoms with Gasteiger partial charge in [0.15, 0.2) is 11.9 Å². The summed E-state index contributed by atoms with van der Waals surface area (Å²) in [5.41, 5.74) is 2.88. The number of amides is 2. The summed E-state index contributed by atoms with van der Waals surface area (Å²) in [5.74, 6) is -0.648. The fourth-order valence-corrected chi connectivity index (χ4v) is 6.87. The molecule has 2 N–H and O–H groups in total. The van der Waals surface area contributed by atoms with Crippen LogP contribution in [-0.4, -0.2) is 41.0 Å². The molecule has 0 aliphatic rings. The van der Waals surface area contributed by atoms with E-state index in [-0.39, 0.29) is 45.2 Å². The molecule has 2 amide bonds. The highest BCUT2D eigenvalue weighted by atomic mass is 32.2. The van der Waals surface area contributed by atoms with Crippen molar-refractivity contribution in [1.82, 2.24) is 9.78 Å². The zero-order chi connectivity index (χ0) is 41.7. The number of aromatic nitrogens is 2. The van der Waals surface area contributed by atoms with Crippen molar-refractivity contribution >= 4 is 39.1 Å². The topological polar surface area (TPSA) is 172 Å². The average Bonchev–Trinajstić information content (AvgIpc) is 3.57. The van der Waals surface area contributed by atoms with Crippen LogP contribution in [0.25, 0.3) is 5.69 Å². The highest BCUT2D eigenvalue weighted by Gasteiger charge is 2.30. The minimum Gasteiger partial charge on any atom is -0.480 e. The molecule has 5 rings (SSSR count). The summed E-state index contributed by atoms with van der Waals surface area (Å²) in [6, 6.07) is 25.7. The van der Waals surface area contributed by atoms with Gasteiger partial charge in [0.25, 0.3) is 17.5 Å². The first-order valence-corrected chi connectivity index (χ1v) is 20.2. The maximum absolute atomic E-state index is 13.6. The second-order valence-corrected chi connectivity index (χ2v) is 16.6. The van der Waals surface area contributed by atoms with E-state index in [0.717, 1.165) is 24.5 Å². The number of aryl methyl sites for hydroxylation is 1. The zero-order valence-corrected chi connectivity index (χ0v) is 34.3. The molecule has 4 aromatic carbocycles. The van der Waals surface area contributed by atoms with Gasteiger partial charge in [-0.15, -0.1) is 5.10 Å². The van der Waals surface area contributed by atoms with Crippen molar-refractivity contribution in [3.05, 3.63) is 129 Å². The van der Waals surface area contributed by atoms with Crippen molar-refractivity contribution in [3.63, 3.8) is 0 Å². The van der Waals surface area contributed by atoms with Crippen LogP contribution in [0.4, 0.5) is 17.2 Å². The Hall–Kier alpha value is -6.02. The highest BCUT2D eigenvalue weighted by molar-refractivity contribution is 7.87. The predicted molar refractivity (Wildman–Crippen MR) is 220 cm³/mol. The fourth-order valence-electron chi connectivity index (χ4n) is 5.94. The summed E-state index contributed by atoms with van der Waals surface area (Å²) < 4.78 is 39.7. The van der Waals surface area contributed by atoms with Crippen LogP contribution in [-0.2, 0) is 25.7 Å². The number of nitro groups is 1. The summed E-state index contributed by atoms with van der Waals surface area (Å²) in [4.78, 5) is 37.6. The molecule has 1 unspecified atom stereocenters. The van der Waals surface area contributed by atoms with Gasteiger partial charge in [0, 0.05) is 34.5 Å². The number of anilines is 2. The number of carbonyl (C=O) groups is 2. The summed E-state index contributed by atoms with van der Waals surface area (Å²) in [6.45, 7) is 16.4. The molecule has 0 radical (unpaired) electrons. The van der Waals surface area contributed by atoms with E-state index in [1.807, 2.05) is 13.0 Å². The Balaban J connectivity index is 1.36. The number of rotatable bonds is 16. The molecule has 14 heteroatoms. The van der Waals surface area contributed by atoms with Gasteiger partial charge in [0.2, 0.25) is 5.88 Å². The first-order chi connectivity index (χ1) is 26.9. The Morgan fingerprint density at radius 1 is 0.860 bits per heavy atom. The van der Waals surface area contributed by atoms with Crippen molar-refractivity contribution in [2.24, 2.45) is 0 Å². The lowest BCUT2D eigenvalue weighted by atomic mass is 9.76. The Morgan fingerprint density at radius 3 is 2.21 bits per heavy atom. The van der Waals surface area contributed by atoms with E-state index in [1.165, 1.54) is 41.4 Å². The van der Waals surface area contributed by atoms with E-state index in [2.05, 4.69) is 69.4 Å². The number of benzene rings is 4. The molecule has 0 saturated carbocycles. The second-order valence-electron chi connectivity index (χ2n) is 15.1. The Labute approximate surface area is 333 Å². The molecule has 1 aromatic heterocycles. The molecule has 13 nitrogen and oxygen atoms in total. The summed E-state index contributed by atoms with van der Waals surface area (Å²) in [5, 5.41) is 21.4. The third-order valence-corrected chi connectivity index (χ3v) is 11.6. The van der Waals surface area contributed by atoms with Gasteiger partial charge in [0.1, 0.15) is 10.6 Å². The molecule has 0 aliphatic carbocycles. The summed E-state index contributed by atoms with van der Waals surface area (Å²) >= 11 is 0. The number of hydrogen-bond acceptors (Lipinski definition) is 9. The molecule has 0 aliphatic heterocycles. The normalized spacial score (nSPS) is 12.4. The molecule has 0 bridgehead atoms. The molecule has 0 spiro atoms. The number of hydrogen-bond donors (Lipinski definition) is 2. The van der Waals surface area contributed by atoms with Crippen LogP contribution in [0.3, 0.4) is 0 Å². The monoisotopic (exact) mass is 795 g/mol. The van der Waals surface area contributed by atoms with Gasteiger partial charge in [-0.3, -0.25) is 19.7 Å². The molecule has 300 valence electrons. The molecular formula is C43H49N5O8S. The largest absolute Gasteiger partial charge is 0.480 e. The number of nitrogens with zero attached hydrogens (tertiary/aromatic N) is 3. The van der Waals surface area contributed by atoms with Crippen LogP contribution in [0, 0.1) is 17.0 Å².